The van der Waals surface area contributed by atoms with Gasteiger partial charge in [0.25, 0.3) is 0 Å². The molecule has 2 nitrogen and oxygen atoms in total. The van der Waals surface area contributed by atoms with E-state index in [1.165, 1.54) is 12.0 Å². The van der Waals surface area contributed by atoms with Gasteiger partial charge in [-0.15, -0.1) is 0 Å². The van der Waals surface area contributed by atoms with Gasteiger partial charge in [0.15, 0.2) is 0 Å². The molecule has 0 spiro atoms. The molecule has 1 aromatic rings. The van der Waals surface area contributed by atoms with Crippen LogP contribution in [-0.4, -0.2) is 19.7 Å². The third-order valence-corrected chi connectivity index (χ3v) is 5.90. The molecule has 0 saturated heterocycles. The SMILES string of the molecule is CCNC(CCc1ccc(OC)cc1)C1C(C)(C)C1(C)C. The van der Waals surface area contributed by atoms with Gasteiger partial charge in [0.2, 0.25) is 0 Å². The number of benzene rings is 1. The number of hydrogen-bond acceptors (Lipinski definition) is 2. The lowest BCUT2D eigenvalue weighted by molar-refractivity contribution is 0.384. The molecule has 1 N–H and O–H groups in total. The fourth-order valence-electron chi connectivity index (χ4n) is 4.02. The molecule has 1 unspecified atom stereocenters. The minimum Gasteiger partial charge on any atom is -0.497 e. The van der Waals surface area contributed by atoms with Gasteiger partial charge in [0, 0.05) is 6.04 Å². The zero-order valence-electron chi connectivity index (χ0n) is 14.5. The van der Waals surface area contributed by atoms with Crippen molar-refractivity contribution in [2.24, 2.45) is 16.7 Å². The molecule has 21 heavy (non-hydrogen) atoms. The Hall–Kier alpha value is -1.02. The molecule has 0 amide bonds. The van der Waals surface area contributed by atoms with Gasteiger partial charge in [0.05, 0.1) is 7.11 Å². The standard InChI is InChI=1S/C19H31NO/c1-7-20-16(17-18(2,3)19(17,4)5)13-10-14-8-11-15(21-6)12-9-14/h8-9,11-12,16-17,20H,7,10,13H2,1-6H3. The first kappa shape index (κ1) is 16.4. The maximum absolute atomic E-state index is 5.22. The topological polar surface area (TPSA) is 21.3 Å². The van der Waals surface area contributed by atoms with E-state index in [1.54, 1.807) is 7.11 Å². The summed E-state index contributed by atoms with van der Waals surface area (Å²) in [5, 5.41) is 3.72. The Kier molecular flexibility index (Phi) is 4.67. The first-order valence-corrected chi connectivity index (χ1v) is 8.21. The first-order chi connectivity index (χ1) is 9.84. The number of hydrogen-bond donors (Lipinski definition) is 1. The van der Waals surface area contributed by atoms with Gasteiger partial charge in [-0.2, -0.15) is 0 Å². The van der Waals surface area contributed by atoms with Gasteiger partial charge >= 0.3 is 0 Å². The van der Waals surface area contributed by atoms with Gasteiger partial charge < -0.3 is 10.1 Å². The Balaban J connectivity index is 1.98. The lowest BCUT2D eigenvalue weighted by atomic mass is 9.97. The molecule has 0 radical (unpaired) electrons. The average Bonchev–Trinajstić information content (AvgIpc) is 2.85. The number of methoxy groups -OCH3 is 1. The van der Waals surface area contributed by atoms with Crippen LogP contribution in [0.25, 0.3) is 0 Å². The van der Waals surface area contributed by atoms with Crippen molar-refractivity contribution in [1.82, 2.24) is 5.32 Å². The summed E-state index contributed by atoms with van der Waals surface area (Å²) in [7, 11) is 1.72. The molecule has 1 aromatic carbocycles. The van der Waals surface area contributed by atoms with Crippen LogP contribution in [0, 0.1) is 16.7 Å². The van der Waals surface area contributed by atoms with E-state index in [9.17, 15) is 0 Å². The summed E-state index contributed by atoms with van der Waals surface area (Å²) in [4.78, 5) is 0. The Morgan fingerprint density at radius 1 is 1.10 bits per heavy atom. The molecule has 0 bridgehead atoms. The maximum Gasteiger partial charge on any atom is 0.118 e. The Morgan fingerprint density at radius 2 is 1.67 bits per heavy atom. The second-order valence-corrected chi connectivity index (χ2v) is 7.47. The largest absolute Gasteiger partial charge is 0.497 e. The van der Waals surface area contributed by atoms with E-state index in [1.807, 2.05) is 0 Å². The van der Waals surface area contributed by atoms with Crippen molar-refractivity contribution in [3.05, 3.63) is 29.8 Å². The zero-order chi connectivity index (χ0) is 15.7. The average molecular weight is 289 g/mol. The summed E-state index contributed by atoms with van der Waals surface area (Å²) in [5.41, 5.74) is 2.29. The van der Waals surface area contributed by atoms with Crippen molar-refractivity contribution in [2.75, 3.05) is 13.7 Å². The smallest absolute Gasteiger partial charge is 0.118 e. The fourth-order valence-corrected chi connectivity index (χ4v) is 4.02. The molecule has 1 aliphatic carbocycles. The minimum atomic E-state index is 0.444. The van der Waals surface area contributed by atoms with Crippen LogP contribution < -0.4 is 10.1 Å². The van der Waals surface area contributed by atoms with Crippen LogP contribution in [0.2, 0.25) is 0 Å². The molecule has 2 heteroatoms. The molecule has 0 heterocycles. The Labute approximate surface area is 130 Å². The quantitative estimate of drug-likeness (QED) is 0.808. The highest BCUT2D eigenvalue weighted by Crippen LogP contribution is 2.69. The normalized spacial score (nSPS) is 21.0. The van der Waals surface area contributed by atoms with Crippen LogP contribution in [0.15, 0.2) is 24.3 Å². The first-order valence-electron chi connectivity index (χ1n) is 8.21. The second kappa shape index (κ2) is 6.00. The molecular formula is C19H31NO. The molecule has 1 saturated carbocycles. The second-order valence-electron chi connectivity index (χ2n) is 7.47. The van der Waals surface area contributed by atoms with Gasteiger partial charge in [-0.05, 0) is 53.8 Å². The fraction of sp³-hybridized carbons (Fsp3) is 0.684. The minimum absolute atomic E-state index is 0.444. The monoisotopic (exact) mass is 289 g/mol. The summed E-state index contributed by atoms with van der Waals surface area (Å²) in [6, 6.07) is 9.10. The number of rotatable bonds is 7. The lowest BCUT2D eigenvalue weighted by Gasteiger charge is -2.20. The molecule has 118 valence electrons. The highest BCUT2D eigenvalue weighted by atomic mass is 16.5. The molecule has 2 rings (SSSR count). The van der Waals surface area contributed by atoms with E-state index in [0.717, 1.165) is 24.6 Å². The molecule has 1 fully saturated rings. The summed E-state index contributed by atoms with van der Waals surface area (Å²) in [5.74, 6) is 1.70. The summed E-state index contributed by atoms with van der Waals surface area (Å²) >= 11 is 0. The van der Waals surface area contributed by atoms with Gasteiger partial charge in [-0.1, -0.05) is 46.8 Å². The van der Waals surface area contributed by atoms with E-state index in [2.05, 4.69) is 64.2 Å². The highest BCUT2D eigenvalue weighted by molar-refractivity contribution is 5.27. The molecule has 1 atom stereocenters. The van der Waals surface area contributed by atoms with Crippen molar-refractivity contribution < 1.29 is 4.74 Å². The van der Waals surface area contributed by atoms with E-state index in [-0.39, 0.29) is 0 Å². The molecule has 0 aliphatic heterocycles. The zero-order valence-corrected chi connectivity index (χ0v) is 14.5. The van der Waals surface area contributed by atoms with Gasteiger partial charge in [-0.25, -0.2) is 0 Å². The van der Waals surface area contributed by atoms with Crippen LogP contribution in [0.5, 0.6) is 5.75 Å². The van der Waals surface area contributed by atoms with Crippen molar-refractivity contribution in [3.8, 4) is 5.75 Å². The van der Waals surface area contributed by atoms with Crippen LogP contribution in [0.4, 0.5) is 0 Å². The van der Waals surface area contributed by atoms with E-state index >= 15 is 0 Å². The Morgan fingerprint density at radius 3 is 2.10 bits per heavy atom. The number of ether oxygens (including phenoxy) is 1. The number of aryl methyl sites for hydroxylation is 1. The van der Waals surface area contributed by atoms with Crippen LogP contribution in [0.1, 0.15) is 46.6 Å². The predicted molar refractivity (Wildman–Crippen MR) is 89.8 cm³/mol. The van der Waals surface area contributed by atoms with Crippen LogP contribution >= 0.6 is 0 Å². The van der Waals surface area contributed by atoms with Crippen molar-refractivity contribution in [1.29, 1.82) is 0 Å². The van der Waals surface area contributed by atoms with Crippen LogP contribution in [0.3, 0.4) is 0 Å². The van der Waals surface area contributed by atoms with E-state index in [4.69, 9.17) is 4.74 Å². The van der Waals surface area contributed by atoms with Gasteiger partial charge in [-0.3, -0.25) is 0 Å². The predicted octanol–water partition coefficient (Wildman–Crippen LogP) is 4.29. The summed E-state index contributed by atoms with van der Waals surface area (Å²) < 4.78 is 5.22. The molecule has 1 aliphatic rings. The Bertz CT molecular complexity index is 447. The summed E-state index contributed by atoms with van der Waals surface area (Å²) in [6.45, 7) is 12.9. The third-order valence-electron chi connectivity index (χ3n) is 5.90. The molecule has 0 aromatic heterocycles. The molecular weight excluding hydrogens is 258 g/mol. The highest BCUT2D eigenvalue weighted by Gasteiger charge is 2.66. The lowest BCUT2D eigenvalue weighted by Crippen LogP contribution is -2.33. The van der Waals surface area contributed by atoms with Gasteiger partial charge in [0.1, 0.15) is 5.75 Å². The van der Waals surface area contributed by atoms with Crippen molar-refractivity contribution in [2.45, 2.75) is 53.5 Å². The summed E-state index contributed by atoms with van der Waals surface area (Å²) in [6.07, 6.45) is 2.34. The van der Waals surface area contributed by atoms with Crippen LogP contribution in [-0.2, 0) is 6.42 Å². The van der Waals surface area contributed by atoms with Crippen molar-refractivity contribution in [3.63, 3.8) is 0 Å². The number of nitrogens with one attached hydrogen (secondary N) is 1. The third kappa shape index (κ3) is 3.11. The van der Waals surface area contributed by atoms with E-state index in [0.29, 0.717) is 16.9 Å². The maximum atomic E-state index is 5.22. The van der Waals surface area contributed by atoms with Crippen molar-refractivity contribution >= 4 is 0 Å². The van der Waals surface area contributed by atoms with E-state index < -0.39 is 0 Å².